The zero-order valence-electron chi connectivity index (χ0n) is 11.0. The fraction of sp³-hybridized carbons (Fsp3) is 0.133. The summed E-state index contributed by atoms with van der Waals surface area (Å²) in [6.07, 6.45) is 0. The molecule has 2 aromatic carbocycles. The van der Waals surface area contributed by atoms with Crippen molar-refractivity contribution in [3.8, 4) is 11.5 Å². The third-order valence-electron chi connectivity index (χ3n) is 2.60. The lowest BCUT2D eigenvalue weighted by atomic mass is 10.2. The number of benzene rings is 2. The quantitative estimate of drug-likeness (QED) is 0.623. The minimum atomic E-state index is -0.362. The molecular weight excluding hydrogens is 357 g/mol. The van der Waals surface area contributed by atoms with Gasteiger partial charge in [0.1, 0.15) is 35.5 Å². The van der Waals surface area contributed by atoms with Crippen LogP contribution in [0.1, 0.15) is 5.56 Å². The fourth-order valence-electron chi connectivity index (χ4n) is 1.72. The molecule has 0 amide bonds. The number of nitrogens with two attached hydrogens (primary N) is 1. The Kier molecular flexibility index (Phi) is 5.52. The standard InChI is InChI=1S/C15H13BrFNO2S/c16-10-7-11(17)9-12(8-10)19-5-6-20-14-4-2-1-3-13(14)15(18)21/h1-4,7-9H,5-6H2,(H2,18,21). The van der Waals surface area contributed by atoms with Crippen LogP contribution in [0.25, 0.3) is 0 Å². The molecule has 0 atom stereocenters. The van der Waals surface area contributed by atoms with Gasteiger partial charge in [-0.2, -0.15) is 0 Å². The number of hydrogen-bond donors (Lipinski definition) is 1. The first kappa shape index (κ1) is 15.7. The van der Waals surface area contributed by atoms with E-state index in [4.69, 9.17) is 27.4 Å². The highest BCUT2D eigenvalue weighted by atomic mass is 79.9. The zero-order valence-corrected chi connectivity index (χ0v) is 13.4. The van der Waals surface area contributed by atoms with Gasteiger partial charge in [-0.05, 0) is 24.3 Å². The highest BCUT2D eigenvalue weighted by Crippen LogP contribution is 2.21. The number of halogens is 2. The number of thiocarbonyl (C=S) groups is 1. The molecule has 0 unspecified atom stereocenters. The van der Waals surface area contributed by atoms with Gasteiger partial charge in [-0.1, -0.05) is 40.3 Å². The van der Waals surface area contributed by atoms with Gasteiger partial charge < -0.3 is 15.2 Å². The maximum Gasteiger partial charge on any atom is 0.129 e. The third-order valence-corrected chi connectivity index (χ3v) is 3.28. The van der Waals surface area contributed by atoms with Crippen LogP contribution in [0.4, 0.5) is 4.39 Å². The minimum Gasteiger partial charge on any atom is -0.490 e. The molecule has 21 heavy (non-hydrogen) atoms. The molecular formula is C15H13BrFNO2S. The molecule has 2 rings (SSSR count). The van der Waals surface area contributed by atoms with Crippen LogP contribution in [0.2, 0.25) is 0 Å². The van der Waals surface area contributed by atoms with Crippen molar-refractivity contribution >= 4 is 33.1 Å². The number of rotatable bonds is 6. The smallest absolute Gasteiger partial charge is 0.129 e. The van der Waals surface area contributed by atoms with Gasteiger partial charge in [0.15, 0.2) is 0 Å². The van der Waals surface area contributed by atoms with Crippen LogP contribution >= 0.6 is 28.1 Å². The highest BCUT2D eigenvalue weighted by molar-refractivity contribution is 9.10. The lowest BCUT2D eigenvalue weighted by Crippen LogP contribution is -2.14. The summed E-state index contributed by atoms with van der Waals surface area (Å²) in [5.41, 5.74) is 6.30. The molecule has 0 radical (unpaired) electrons. The average Bonchev–Trinajstić information content (AvgIpc) is 2.43. The molecule has 0 saturated carbocycles. The molecule has 0 aliphatic rings. The second-order valence-electron chi connectivity index (χ2n) is 4.16. The molecule has 0 aliphatic carbocycles. The fourth-order valence-corrected chi connectivity index (χ4v) is 2.33. The van der Waals surface area contributed by atoms with Gasteiger partial charge in [-0.25, -0.2) is 4.39 Å². The van der Waals surface area contributed by atoms with Crippen molar-refractivity contribution in [3.05, 3.63) is 58.3 Å². The van der Waals surface area contributed by atoms with E-state index in [0.717, 1.165) is 0 Å². The summed E-state index contributed by atoms with van der Waals surface area (Å²) in [6, 6.07) is 11.6. The Hall–Kier alpha value is -1.66. The lowest BCUT2D eigenvalue weighted by molar-refractivity contribution is 0.216. The zero-order chi connectivity index (χ0) is 15.2. The first-order chi connectivity index (χ1) is 10.1. The van der Waals surface area contributed by atoms with E-state index >= 15 is 0 Å². The van der Waals surface area contributed by atoms with Crippen LogP contribution in [0, 0.1) is 5.82 Å². The van der Waals surface area contributed by atoms with Crippen molar-refractivity contribution in [2.45, 2.75) is 0 Å². The van der Waals surface area contributed by atoms with E-state index in [2.05, 4.69) is 15.9 Å². The van der Waals surface area contributed by atoms with Crippen molar-refractivity contribution in [1.82, 2.24) is 0 Å². The van der Waals surface area contributed by atoms with Crippen molar-refractivity contribution < 1.29 is 13.9 Å². The highest BCUT2D eigenvalue weighted by Gasteiger charge is 2.05. The molecule has 2 N–H and O–H groups in total. The molecule has 110 valence electrons. The molecule has 2 aromatic rings. The first-order valence-electron chi connectivity index (χ1n) is 6.17. The van der Waals surface area contributed by atoms with Crippen molar-refractivity contribution in [2.75, 3.05) is 13.2 Å². The maximum absolute atomic E-state index is 13.2. The Labute approximate surface area is 136 Å². The van der Waals surface area contributed by atoms with Crippen LogP contribution in [-0.2, 0) is 0 Å². The van der Waals surface area contributed by atoms with Gasteiger partial charge in [0.25, 0.3) is 0 Å². The molecule has 0 fully saturated rings. The Morgan fingerprint density at radius 1 is 1.14 bits per heavy atom. The maximum atomic E-state index is 13.2. The predicted molar refractivity (Wildman–Crippen MR) is 87.4 cm³/mol. The third kappa shape index (κ3) is 4.68. The van der Waals surface area contributed by atoms with Crippen LogP contribution in [0.5, 0.6) is 11.5 Å². The summed E-state index contributed by atoms with van der Waals surface area (Å²) in [6.45, 7) is 0.579. The van der Waals surface area contributed by atoms with Crippen LogP contribution in [-0.4, -0.2) is 18.2 Å². The van der Waals surface area contributed by atoms with E-state index in [9.17, 15) is 4.39 Å². The van der Waals surface area contributed by atoms with E-state index in [-0.39, 0.29) is 17.4 Å². The summed E-state index contributed by atoms with van der Waals surface area (Å²) in [5.74, 6) is 0.682. The summed E-state index contributed by atoms with van der Waals surface area (Å²) >= 11 is 8.16. The van der Waals surface area contributed by atoms with E-state index in [1.54, 1.807) is 18.2 Å². The molecule has 0 heterocycles. The largest absolute Gasteiger partial charge is 0.490 e. The van der Waals surface area contributed by atoms with Crippen LogP contribution < -0.4 is 15.2 Å². The Bertz CT molecular complexity index is 631. The summed E-state index contributed by atoms with van der Waals surface area (Å²) in [4.78, 5) is 0.278. The van der Waals surface area contributed by atoms with Gasteiger partial charge in [0, 0.05) is 10.5 Å². The predicted octanol–water partition coefficient (Wildman–Crippen LogP) is 3.68. The molecule has 6 heteroatoms. The van der Waals surface area contributed by atoms with Crippen LogP contribution in [0.3, 0.4) is 0 Å². The van der Waals surface area contributed by atoms with Gasteiger partial charge in [-0.3, -0.25) is 0 Å². The summed E-state index contributed by atoms with van der Waals surface area (Å²) in [7, 11) is 0. The topological polar surface area (TPSA) is 44.5 Å². The first-order valence-corrected chi connectivity index (χ1v) is 7.37. The van der Waals surface area contributed by atoms with E-state index in [1.807, 2.05) is 12.1 Å². The minimum absolute atomic E-state index is 0.278. The average molecular weight is 370 g/mol. The Morgan fingerprint density at radius 2 is 1.86 bits per heavy atom. The van der Waals surface area contributed by atoms with E-state index < -0.39 is 0 Å². The molecule has 0 aliphatic heterocycles. The molecule has 0 aromatic heterocycles. The number of hydrogen-bond acceptors (Lipinski definition) is 3. The summed E-state index contributed by atoms with van der Waals surface area (Å²) < 4.78 is 24.8. The SMILES string of the molecule is NC(=S)c1ccccc1OCCOc1cc(F)cc(Br)c1. The molecule has 0 bridgehead atoms. The van der Waals surface area contributed by atoms with Crippen molar-refractivity contribution in [1.29, 1.82) is 0 Å². The Balaban J connectivity index is 1.89. The van der Waals surface area contributed by atoms with E-state index in [1.165, 1.54) is 12.1 Å². The van der Waals surface area contributed by atoms with Gasteiger partial charge in [0.05, 0.1) is 5.56 Å². The van der Waals surface area contributed by atoms with Crippen LogP contribution in [0.15, 0.2) is 46.9 Å². The summed E-state index contributed by atoms with van der Waals surface area (Å²) in [5, 5.41) is 0. The monoisotopic (exact) mass is 369 g/mol. The molecule has 0 saturated heterocycles. The normalized spacial score (nSPS) is 10.2. The van der Waals surface area contributed by atoms with Gasteiger partial charge >= 0.3 is 0 Å². The second-order valence-corrected chi connectivity index (χ2v) is 5.52. The van der Waals surface area contributed by atoms with Crippen molar-refractivity contribution in [3.63, 3.8) is 0 Å². The second kappa shape index (κ2) is 7.38. The molecule has 0 spiro atoms. The Morgan fingerprint density at radius 3 is 2.57 bits per heavy atom. The van der Waals surface area contributed by atoms with E-state index in [0.29, 0.717) is 28.1 Å². The van der Waals surface area contributed by atoms with Gasteiger partial charge in [-0.15, -0.1) is 0 Å². The van der Waals surface area contributed by atoms with Gasteiger partial charge in [0.2, 0.25) is 0 Å². The van der Waals surface area contributed by atoms with Crippen molar-refractivity contribution in [2.24, 2.45) is 5.73 Å². The number of ether oxygens (including phenoxy) is 2. The number of para-hydroxylation sites is 1. The lowest BCUT2D eigenvalue weighted by Gasteiger charge is -2.11. The molecule has 3 nitrogen and oxygen atoms in total.